The summed E-state index contributed by atoms with van der Waals surface area (Å²) in [6.45, 7) is 25.6. The standard InChI is InChI=1S/C28H31N3O6.2C28H30N2O5.C28H34N2O4/c32-21-8-9-24(25(33)16-21)31-17-23-22(28(31)35)2-1-3-26(23)37-18-19-4-6-20(7-5-19)27(34)29-10-11-30-12-14-36-15-13-30;1-3-29(4-2)15-18-8-11-26-19(12-18)13-21(35-26)17-34-27-7-5-6-22-23(27)16-30(28(22)33)24-10-9-20(31)14-25(24)32;1-3-29(4-2)15-18-8-9-19-13-21(35-27(19)12-18)17-34-26-7-5-6-22-23(26)16-30(28(22)33)24-11-10-20(31)14-25(24)32;1-2-3-4-5-15-29-17-20-9-11-21(12-10-20)19-34-27-8-6-7-23-24(27)18-30(28(23)33)25-14-13-22(31)16-26(25)32/h1-7,24H,8-18H2,(H,29,34);5-8,11-13,24H,3-4,9-10,14-17H2,1-2H3;5-9,12-13,24H,3-4,10-11,14-17H2,1-2H3;6-12,25,29H,2-5,13-19H2,1H3. The van der Waals surface area contributed by atoms with E-state index in [-0.39, 0.29) is 121 Å². The van der Waals surface area contributed by atoms with Crippen LogP contribution in [0.2, 0.25) is 0 Å². The summed E-state index contributed by atoms with van der Waals surface area (Å²) in [5.74, 6) is 2.19. The van der Waals surface area contributed by atoms with Gasteiger partial charge in [-0.05, 0) is 184 Å². The van der Waals surface area contributed by atoms with Gasteiger partial charge in [0.15, 0.2) is 23.1 Å². The van der Waals surface area contributed by atoms with Crippen molar-refractivity contribution in [3.8, 4) is 23.0 Å². The number of nitrogens with zero attached hydrogens (tertiary/aromatic N) is 7. The van der Waals surface area contributed by atoms with Crippen LogP contribution in [0.5, 0.6) is 23.0 Å². The van der Waals surface area contributed by atoms with E-state index >= 15 is 0 Å². The SMILES string of the molecule is CCCCCCNCc1ccc(COc2cccc3c2CN(C2CCC(=O)CC2=O)C3=O)cc1.CCN(CC)Cc1ccc2cc(COc3cccc4c3CN(C3CCC(=O)CC3=O)C4=O)oc2c1.CCN(CC)Cc1ccc2oc(COc3cccc4c3CN(C3CCC(=O)CC3=O)C4=O)cc2c1.O=C1CCC(N2Cc3c(OCc4ccc(C(=O)NCCN5CCOCC5)cc4)cccc3C2=O)C(=O)C1. The predicted octanol–water partition coefficient (Wildman–Crippen LogP) is 15.6. The van der Waals surface area contributed by atoms with Crippen LogP contribution in [0.25, 0.3) is 21.9 Å². The Bertz CT molecular complexity index is 6100. The molecule has 141 heavy (non-hydrogen) atoms. The Morgan fingerprint density at radius 1 is 0.383 bits per heavy atom. The van der Waals surface area contributed by atoms with Crippen LogP contribution in [0.3, 0.4) is 0 Å². The summed E-state index contributed by atoms with van der Waals surface area (Å²) in [6, 6.07) is 51.6. The normalized spacial score (nSPS) is 18.6. The van der Waals surface area contributed by atoms with E-state index in [2.05, 4.69) is 115 Å². The summed E-state index contributed by atoms with van der Waals surface area (Å²) in [7, 11) is 0. The van der Waals surface area contributed by atoms with Crippen molar-refractivity contribution in [3.05, 3.63) is 259 Å². The number of hydrogen-bond acceptors (Lipinski definition) is 24. The molecule has 0 bridgehead atoms. The molecule has 9 aliphatic rings. The number of benzene rings is 8. The lowest BCUT2D eigenvalue weighted by atomic mass is 9.92. The summed E-state index contributed by atoms with van der Waals surface area (Å²) < 4.78 is 41.8. The largest absolute Gasteiger partial charge is 0.489 e. The highest BCUT2D eigenvalue weighted by atomic mass is 16.5. The zero-order chi connectivity index (χ0) is 98.7. The third kappa shape index (κ3) is 24.6. The van der Waals surface area contributed by atoms with Crippen molar-refractivity contribution >= 4 is 97.7 Å². The lowest BCUT2D eigenvalue weighted by molar-refractivity contribution is -0.134. The highest BCUT2D eigenvalue weighted by molar-refractivity contribution is 6.11. The van der Waals surface area contributed by atoms with E-state index in [9.17, 15) is 62.3 Å². The van der Waals surface area contributed by atoms with Gasteiger partial charge in [0.25, 0.3) is 29.5 Å². The van der Waals surface area contributed by atoms with Gasteiger partial charge in [-0.3, -0.25) is 77.0 Å². The zero-order valence-corrected chi connectivity index (χ0v) is 81.1. The molecule has 29 nitrogen and oxygen atoms in total. The molecule has 29 heteroatoms. The van der Waals surface area contributed by atoms with Crippen LogP contribution < -0.4 is 29.6 Å². The summed E-state index contributed by atoms with van der Waals surface area (Å²) in [5, 5.41) is 8.52. The Balaban J connectivity index is 0.000000135. The van der Waals surface area contributed by atoms with E-state index in [1.807, 2.05) is 60.7 Å². The van der Waals surface area contributed by atoms with Gasteiger partial charge in [0.1, 0.15) is 95.2 Å². The number of fused-ring (bicyclic) bond motifs is 6. The Kier molecular flexibility index (Phi) is 33.7. The molecular formula is C112H125N9O20. The van der Waals surface area contributed by atoms with E-state index in [4.69, 9.17) is 32.5 Å². The number of ether oxygens (including phenoxy) is 5. The Morgan fingerprint density at radius 3 is 1.17 bits per heavy atom. The number of rotatable bonds is 35. The number of ketones is 8. The number of furan rings is 2. The van der Waals surface area contributed by atoms with Crippen LogP contribution in [-0.2, 0) is 115 Å². The van der Waals surface area contributed by atoms with Gasteiger partial charge in [0.05, 0.1) is 89.2 Å². The minimum absolute atomic E-state index is 0.0387. The maximum absolute atomic E-state index is 13.0. The maximum Gasteiger partial charge on any atom is 0.255 e. The average molecular weight is 1920 g/mol. The van der Waals surface area contributed by atoms with Gasteiger partial charge in [-0.2, -0.15) is 0 Å². The predicted molar refractivity (Wildman–Crippen MR) is 527 cm³/mol. The topological polar surface area (TPSA) is 341 Å². The maximum atomic E-state index is 13.0. The number of unbranched alkanes of at least 4 members (excludes halogenated alkanes) is 3. The molecule has 8 aromatic carbocycles. The smallest absolute Gasteiger partial charge is 0.255 e. The second kappa shape index (κ2) is 47.2. The fourth-order valence-electron chi connectivity index (χ4n) is 19.9. The van der Waals surface area contributed by atoms with Gasteiger partial charge in [0, 0.05) is 132 Å². The molecule has 5 fully saturated rings. The minimum atomic E-state index is -0.557. The van der Waals surface area contributed by atoms with Crippen molar-refractivity contribution in [2.75, 3.05) is 72.1 Å². The number of Topliss-reactive ketones (excluding diaryl/α,β-unsaturated/α-hetero) is 8. The van der Waals surface area contributed by atoms with Crippen LogP contribution in [0, 0.1) is 0 Å². The second-order valence-corrected chi connectivity index (χ2v) is 37.5. The zero-order valence-electron chi connectivity index (χ0n) is 81.1. The molecule has 2 N–H and O–H groups in total. The Labute approximate surface area is 821 Å². The van der Waals surface area contributed by atoms with E-state index < -0.39 is 24.2 Å². The third-order valence-electron chi connectivity index (χ3n) is 28.1. The third-order valence-corrected chi connectivity index (χ3v) is 28.1. The van der Waals surface area contributed by atoms with Crippen molar-refractivity contribution in [3.63, 3.8) is 0 Å². The Hall–Kier alpha value is -13.5. The molecule has 10 aromatic rings. The molecule has 7 heterocycles. The first-order valence-electron chi connectivity index (χ1n) is 49.8. The van der Waals surface area contributed by atoms with E-state index in [0.29, 0.717) is 153 Å². The summed E-state index contributed by atoms with van der Waals surface area (Å²) in [4.78, 5) is 174. The van der Waals surface area contributed by atoms with Crippen molar-refractivity contribution < 1.29 is 94.8 Å². The molecule has 4 unspecified atom stereocenters. The molecule has 19 rings (SSSR count). The summed E-state index contributed by atoms with van der Waals surface area (Å²) in [6.07, 6.45) is 7.62. The van der Waals surface area contributed by atoms with Gasteiger partial charge in [-0.1, -0.05) is 133 Å². The fraction of sp³-hybridized carbons (Fsp3) is 0.420. The van der Waals surface area contributed by atoms with Crippen LogP contribution in [0.4, 0.5) is 0 Å². The van der Waals surface area contributed by atoms with Crippen molar-refractivity contribution in [1.82, 2.24) is 44.9 Å². The minimum Gasteiger partial charge on any atom is -0.489 e. The van der Waals surface area contributed by atoms with Crippen molar-refractivity contribution in [2.45, 2.75) is 234 Å². The van der Waals surface area contributed by atoms with Gasteiger partial charge in [-0.15, -0.1) is 0 Å². The molecule has 4 saturated carbocycles. The monoisotopic (exact) mass is 1920 g/mol. The molecular weight excluding hydrogens is 1790 g/mol. The summed E-state index contributed by atoms with van der Waals surface area (Å²) >= 11 is 0. The lowest BCUT2D eigenvalue weighted by Gasteiger charge is -2.29. The van der Waals surface area contributed by atoms with Gasteiger partial charge in [0.2, 0.25) is 0 Å². The van der Waals surface area contributed by atoms with E-state index in [1.165, 1.54) is 42.4 Å². The molecule has 2 aromatic heterocycles. The molecule has 5 aliphatic heterocycles. The lowest BCUT2D eigenvalue weighted by Crippen LogP contribution is -2.44. The highest BCUT2D eigenvalue weighted by Gasteiger charge is 2.45. The molecule has 0 spiro atoms. The van der Waals surface area contributed by atoms with Crippen LogP contribution in [0.15, 0.2) is 179 Å². The second-order valence-electron chi connectivity index (χ2n) is 37.5. The average Bonchev–Trinajstić information content (AvgIpc) is 1.63. The van der Waals surface area contributed by atoms with Gasteiger partial charge >= 0.3 is 0 Å². The number of morpholine rings is 1. The first-order valence-corrected chi connectivity index (χ1v) is 49.8. The number of nitrogens with one attached hydrogen (secondary N) is 2. The fourth-order valence-corrected chi connectivity index (χ4v) is 19.9. The van der Waals surface area contributed by atoms with E-state index in [1.54, 1.807) is 74.2 Å². The van der Waals surface area contributed by atoms with E-state index in [0.717, 1.165) is 141 Å². The van der Waals surface area contributed by atoms with Crippen LogP contribution >= 0.6 is 0 Å². The number of carbonyl (C=O) groups is 13. The Morgan fingerprint density at radius 2 is 0.759 bits per heavy atom. The first-order chi connectivity index (χ1) is 68.5. The summed E-state index contributed by atoms with van der Waals surface area (Å²) in [5.41, 5.74) is 13.2. The van der Waals surface area contributed by atoms with Gasteiger partial charge < -0.3 is 62.8 Å². The van der Waals surface area contributed by atoms with Crippen LogP contribution in [0.1, 0.15) is 251 Å². The highest BCUT2D eigenvalue weighted by Crippen LogP contribution is 2.41. The van der Waals surface area contributed by atoms with Crippen molar-refractivity contribution in [2.24, 2.45) is 0 Å². The molecule has 1 saturated heterocycles. The first kappa shape index (κ1) is 101. The molecule has 4 atom stereocenters. The molecule has 5 amide bonds. The van der Waals surface area contributed by atoms with Crippen molar-refractivity contribution in [1.29, 1.82) is 0 Å². The van der Waals surface area contributed by atoms with Crippen LogP contribution in [-0.4, -0.2) is 206 Å². The molecule has 4 aliphatic carbocycles. The number of hydrogen-bond donors (Lipinski definition) is 2. The molecule has 738 valence electrons. The number of amides is 5. The number of carbonyl (C=O) groups excluding carboxylic acids is 13. The quantitative estimate of drug-likeness (QED) is 0.0275. The van der Waals surface area contributed by atoms with Gasteiger partial charge in [-0.25, -0.2) is 0 Å². The molecule has 0 radical (unpaired) electrons.